The van der Waals surface area contributed by atoms with Crippen molar-refractivity contribution in [3.8, 4) is 23.1 Å². The van der Waals surface area contributed by atoms with Crippen molar-refractivity contribution in [1.82, 2.24) is 15.0 Å². The fourth-order valence-electron chi connectivity index (χ4n) is 2.73. The molecule has 0 aliphatic rings. The molecular formula is C20H17N5O4S. The Morgan fingerprint density at radius 2 is 1.83 bits per heavy atom. The van der Waals surface area contributed by atoms with Crippen molar-refractivity contribution in [1.29, 1.82) is 0 Å². The fraction of sp³-hybridized carbons (Fsp3) is 0.100. The van der Waals surface area contributed by atoms with Crippen molar-refractivity contribution >= 4 is 39.1 Å². The number of thiazole rings is 1. The summed E-state index contributed by atoms with van der Waals surface area (Å²) in [5.41, 5.74) is 1.20. The van der Waals surface area contributed by atoms with Crippen LogP contribution in [-0.2, 0) is 0 Å². The van der Waals surface area contributed by atoms with Crippen LogP contribution in [0.15, 0.2) is 54.3 Å². The number of aromatic nitrogens is 3. The van der Waals surface area contributed by atoms with Gasteiger partial charge in [0.15, 0.2) is 16.6 Å². The van der Waals surface area contributed by atoms with Gasteiger partial charge in [-0.15, -0.1) is 11.3 Å². The van der Waals surface area contributed by atoms with Crippen LogP contribution in [0.4, 0.5) is 15.6 Å². The Morgan fingerprint density at radius 3 is 2.60 bits per heavy atom. The smallest absolute Gasteiger partial charge is 0.325 e. The number of fused-ring (bicyclic) bond motifs is 1. The van der Waals surface area contributed by atoms with E-state index in [1.807, 2.05) is 0 Å². The number of ether oxygens (including phenoxy) is 3. The van der Waals surface area contributed by atoms with Gasteiger partial charge < -0.3 is 19.5 Å². The number of rotatable bonds is 6. The lowest BCUT2D eigenvalue weighted by molar-refractivity contribution is 0.262. The van der Waals surface area contributed by atoms with E-state index in [4.69, 9.17) is 14.2 Å². The van der Waals surface area contributed by atoms with Gasteiger partial charge in [0.2, 0.25) is 5.88 Å². The molecule has 0 saturated heterocycles. The van der Waals surface area contributed by atoms with Gasteiger partial charge in [-0.3, -0.25) is 5.32 Å². The Bertz CT molecular complexity index is 1180. The van der Waals surface area contributed by atoms with Crippen LogP contribution in [0.3, 0.4) is 0 Å². The summed E-state index contributed by atoms with van der Waals surface area (Å²) in [6, 6.07) is 10.1. The third-order valence-corrected chi connectivity index (χ3v) is 4.75. The van der Waals surface area contributed by atoms with Gasteiger partial charge in [0.05, 0.1) is 25.1 Å². The summed E-state index contributed by atoms with van der Waals surface area (Å²) < 4.78 is 16.6. The Hall–Kier alpha value is -3.92. The van der Waals surface area contributed by atoms with Crippen LogP contribution in [0.25, 0.3) is 10.9 Å². The number of nitrogens with zero attached hydrogens (tertiary/aromatic N) is 3. The lowest BCUT2D eigenvalue weighted by Gasteiger charge is -2.12. The number of carbonyl (C=O) groups excluding carboxylic acids is 1. The molecule has 0 saturated carbocycles. The van der Waals surface area contributed by atoms with Gasteiger partial charge in [-0.2, -0.15) is 0 Å². The number of urea groups is 1. The second kappa shape index (κ2) is 8.62. The molecule has 0 aliphatic heterocycles. The van der Waals surface area contributed by atoms with E-state index in [2.05, 4.69) is 25.6 Å². The van der Waals surface area contributed by atoms with E-state index in [0.717, 1.165) is 0 Å². The second-order valence-electron chi connectivity index (χ2n) is 5.95. The molecule has 0 spiro atoms. The van der Waals surface area contributed by atoms with Crippen LogP contribution in [0.1, 0.15) is 0 Å². The van der Waals surface area contributed by atoms with Crippen LogP contribution in [0, 0.1) is 0 Å². The lowest BCUT2D eigenvalue weighted by atomic mass is 10.2. The minimum absolute atomic E-state index is 0.352. The number of benzene rings is 2. The Balaban J connectivity index is 1.56. The average molecular weight is 423 g/mol. The first-order chi connectivity index (χ1) is 14.7. The summed E-state index contributed by atoms with van der Waals surface area (Å²) in [6.45, 7) is 0. The topological polar surface area (TPSA) is 107 Å². The highest BCUT2D eigenvalue weighted by Crippen LogP contribution is 2.36. The predicted molar refractivity (Wildman–Crippen MR) is 114 cm³/mol. The minimum atomic E-state index is -0.397. The molecule has 2 amide bonds. The molecule has 10 heteroatoms. The summed E-state index contributed by atoms with van der Waals surface area (Å²) in [6.07, 6.45) is 3.03. The molecule has 0 bridgehead atoms. The van der Waals surface area contributed by atoms with E-state index < -0.39 is 6.03 Å². The van der Waals surface area contributed by atoms with Crippen molar-refractivity contribution in [3.63, 3.8) is 0 Å². The maximum absolute atomic E-state index is 12.1. The number of carbonyl (C=O) groups is 1. The van der Waals surface area contributed by atoms with Crippen LogP contribution in [0.2, 0.25) is 0 Å². The highest BCUT2D eigenvalue weighted by molar-refractivity contribution is 7.13. The molecule has 2 aromatic carbocycles. The molecule has 0 aliphatic carbocycles. The zero-order valence-electron chi connectivity index (χ0n) is 16.1. The number of nitrogens with one attached hydrogen (secondary N) is 2. The molecule has 4 aromatic rings. The van der Waals surface area contributed by atoms with Gasteiger partial charge >= 0.3 is 6.03 Å². The standard InChI is InChI=1S/C20H17N5O4S/c1-27-16-9-14-15(10-17(16)28-2)22-11-23-18(14)29-13-5-3-4-12(8-13)24-19(26)25-20-21-6-7-30-20/h3-11H,1-2H3,(H2,21,24,25,26). The van der Waals surface area contributed by atoms with Crippen LogP contribution >= 0.6 is 11.3 Å². The summed E-state index contributed by atoms with van der Waals surface area (Å²) in [7, 11) is 3.12. The van der Waals surface area contributed by atoms with Crippen LogP contribution in [-0.4, -0.2) is 35.2 Å². The number of methoxy groups -OCH3 is 2. The molecule has 0 fully saturated rings. The Kier molecular flexibility index (Phi) is 5.57. The summed E-state index contributed by atoms with van der Waals surface area (Å²) >= 11 is 1.33. The number of amides is 2. The highest BCUT2D eigenvalue weighted by Gasteiger charge is 2.13. The summed E-state index contributed by atoms with van der Waals surface area (Å²) in [4.78, 5) is 24.6. The normalized spacial score (nSPS) is 10.5. The minimum Gasteiger partial charge on any atom is -0.493 e. The third kappa shape index (κ3) is 4.23. The first-order valence-corrected chi connectivity index (χ1v) is 9.66. The molecule has 152 valence electrons. The molecule has 2 heterocycles. The van der Waals surface area contributed by atoms with Gasteiger partial charge in [0.25, 0.3) is 0 Å². The van der Waals surface area contributed by atoms with E-state index in [1.54, 1.807) is 62.2 Å². The SMILES string of the molecule is COc1cc2ncnc(Oc3cccc(NC(=O)Nc4nccs4)c3)c2cc1OC. The Labute approximate surface area is 175 Å². The van der Waals surface area contributed by atoms with Gasteiger partial charge in [0.1, 0.15) is 12.1 Å². The first-order valence-electron chi connectivity index (χ1n) is 8.78. The van der Waals surface area contributed by atoms with Gasteiger partial charge in [-0.25, -0.2) is 19.7 Å². The fourth-order valence-corrected chi connectivity index (χ4v) is 3.26. The molecular weight excluding hydrogens is 406 g/mol. The van der Waals surface area contributed by atoms with E-state index in [0.29, 0.717) is 44.9 Å². The Morgan fingerprint density at radius 1 is 1.00 bits per heavy atom. The molecule has 30 heavy (non-hydrogen) atoms. The summed E-state index contributed by atoms with van der Waals surface area (Å²) in [5.74, 6) is 1.95. The predicted octanol–water partition coefficient (Wildman–Crippen LogP) is 4.54. The molecule has 0 unspecified atom stereocenters. The molecule has 0 atom stereocenters. The maximum Gasteiger partial charge on any atom is 0.325 e. The maximum atomic E-state index is 12.1. The molecule has 9 nitrogen and oxygen atoms in total. The van der Waals surface area contributed by atoms with Crippen molar-refractivity contribution in [3.05, 3.63) is 54.3 Å². The zero-order valence-corrected chi connectivity index (χ0v) is 16.9. The van der Waals surface area contributed by atoms with Gasteiger partial charge in [-0.05, 0) is 18.2 Å². The van der Waals surface area contributed by atoms with Crippen LogP contribution < -0.4 is 24.8 Å². The molecule has 2 N–H and O–H groups in total. The van der Waals surface area contributed by atoms with E-state index in [-0.39, 0.29) is 0 Å². The monoisotopic (exact) mass is 423 g/mol. The third-order valence-electron chi connectivity index (χ3n) is 4.06. The number of hydrogen-bond donors (Lipinski definition) is 2. The zero-order chi connectivity index (χ0) is 20.9. The van der Waals surface area contributed by atoms with Crippen molar-refractivity contribution < 1.29 is 19.0 Å². The van der Waals surface area contributed by atoms with E-state index in [9.17, 15) is 4.79 Å². The quantitative estimate of drug-likeness (QED) is 0.469. The van der Waals surface area contributed by atoms with Crippen molar-refractivity contribution in [2.75, 3.05) is 24.9 Å². The molecule has 0 radical (unpaired) electrons. The van der Waals surface area contributed by atoms with E-state index >= 15 is 0 Å². The van der Waals surface area contributed by atoms with E-state index in [1.165, 1.54) is 17.7 Å². The number of hydrogen-bond acceptors (Lipinski definition) is 8. The van der Waals surface area contributed by atoms with Crippen molar-refractivity contribution in [2.45, 2.75) is 0 Å². The molecule has 2 aromatic heterocycles. The van der Waals surface area contributed by atoms with Crippen LogP contribution in [0.5, 0.6) is 23.1 Å². The highest BCUT2D eigenvalue weighted by atomic mass is 32.1. The largest absolute Gasteiger partial charge is 0.493 e. The number of anilines is 2. The average Bonchev–Trinajstić information content (AvgIpc) is 3.26. The van der Waals surface area contributed by atoms with Gasteiger partial charge in [-0.1, -0.05) is 6.07 Å². The first kappa shape index (κ1) is 19.4. The molecule has 4 rings (SSSR count). The summed E-state index contributed by atoms with van der Waals surface area (Å²) in [5, 5.41) is 8.35. The lowest BCUT2D eigenvalue weighted by Crippen LogP contribution is -2.19. The second-order valence-corrected chi connectivity index (χ2v) is 6.84. The van der Waals surface area contributed by atoms with Crippen molar-refractivity contribution in [2.24, 2.45) is 0 Å². The van der Waals surface area contributed by atoms with Gasteiger partial charge in [0, 0.05) is 29.4 Å².